The van der Waals surface area contributed by atoms with Crippen molar-refractivity contribution >= 4 is 22.6 Å². The van der Waals surface area contributed by atoms with Gasteiger partial charge in [0, 0.05) is 10.9 Å². The summed E-state index contributed by atoms with van der Waals surface area (Å²) in [6, 6.07) is 3.08. The Morgan fingerprint density at radius 1 is 1.30 bits per heavy atom. The number of amides is 1. The molecule has 5 N–H and O–H groups in total. The van der Waals surface area contributed by atoms with Gasteiger partial charge in [0.25, 0.3) is 5.91 Å². The summed E-state index contributed by atoms with van der Waals surface area (Å²) in [6.07, 6.45) is -4.06. The van der Waals surface area contributed by atoms with Gasteiger partial charge in [-0.2, -0.15) is 13.2 Å². The zero-order chi connectivity index (χ0) is 22.0. The van der Waals surface area contributed by atoms with Gasteiger partial charge in [-0.05, 0) is 38.3 Å². The molecule has 0 spiro atoms. The number of aromatic nitrogens is 2. The van der Waals surface area contributed by atoms with Crippen molar-refractivity contribution in [2.75, 3.05) is 12.3 Å². The van der Waals surface area contributed by atoms with Crippen molar-refractivity contribution in [1.82, 2.24) is 9.55 Å². The molecule has 2 aromatic heterocycles. The van der Waals surface area contributed by atoms with Gasteiger partial charge in [-0.25, -0.2) is 4.98 Å². The number of nitrogens with zero attached hydrogens (tertiary/aromatic N) is 2. The summed E-state index contributed by atoms with van der Waals surface area (Å²) in [6.45, 7) is 3.60. The maximum Gasteiger partial charge on any atom is 0.434 e. The second kappa shape index (κ2) is 6.54. The number of fused-ring (bicyclic) bond motifs is 3. The molecule has 10 heteroatoms. The van der Waals surface area contributed by atoms with Gasteiger partial charge in [-0.3, -0.25) is 9.36 Å². The molecule has 0 radical (unpaired) electrons. The third kappa shape index (κ3) is 2.74. The number of phenols is 1. The molecule has 1 aromatic carbocycles. The quantitative estimate of drug-likeness (QED) is 0.588. The van der Waals surface area contributed by atoms with Crippen LogP contribution in [0.25, 0.3) is 16.6 Å². The van der Waals surface area contributed by atoms with E-state index in [0.717, 1.165) is 0 Å². The largest absolute Gasteiger partial charge is 0.508 e. The summed E-state index contributed by atoms with van der Waals surface area (Å²) < 4.78 is 48.9. The Balaban J connectivity index is 2.30. The Morgan fingerprint density at radius 2 is 2.00 bits per heavy atom. The summed E-state index contributed by atoms with van der Waals surface area (Å²) in [5, 5.41) is 9.71. The molecule has 0 atom stereocenters. The van der Waals surface area contributed by atoms with E-state index < -0.39 is 28.7 Å². The van der Waals surface area contributed by atoms with E-state index in [4.69, 9.17) is 16.2 Å². The van der Waals surface area contributed by atoms with Crippen LogP contribution in [0.15, 0.2) is 12.1 Å². The van der Waals surface area contributed by atoms with Crippen LogP contribution in [-0.4, -0.2) is 27.2 Å². The van der Waals surface area contributed by atoms with E-state index in [1.807, 2.05) is 0 Å². The van der Waals surface area contributed by atoms with E-state index in [9.17, 15) is 23.1 Å². The fraction of sp³-hybridized carbons (Fsp3) is 0.300. The third-order valence-electron chi connectivity index (χ3n) is 5.32. The standard InChI is InChI=1S/C20H19F3N4O3/c1-8-5-6-11(28)9(2)14(8)27-15-12(13(18(27)24)19(25)29)17(20(21,22)23)26-10-4-3-7-30-16(10)15/h5-6,28H,3-4,7,24H2,1-2H3,(H2,25,29). The number of ether oxygens (including phenoxy) is 1. The van der Waals surface area contributed by atoms with Crippen LogP contribution < -0.4 is 16.2 Å². The number of hydrogen-bond acceptors (Lipinski definition) is 5. The van der Waals surface area contributed by atoms with E-state index in [0.29, 0.717) is 23.2 Å². The van der Waals surface area contributed by atoms with Crippen LogP contribution in [-0.2, 0) is 12.6 Å². The number of aromatic hydroxyl groups is 1. The number of primary amides is 1. The predicted molar refractivity (Wildman–Crippen MR) is 104 cm³/mol. The van der Waals surface area contributed by atoms with Crippen LogP contribution in [0.1, 0.15) is 39.3 Å². The minimum absolute atomic E-state index is 0.0323. The predicted octanol–water partition coefficient (Wildman–Crippen LogP) is 3.37. The molecule has 7 nitrogen and oxygen atoms in total. The minimum atomic E-state index is -4.85. The summed E-state index contributed by atoms with van der Waals surface area (Å²) in [4.78, 5) is 16.0. The fourth-order valence-electron chi connectivity index (χ4n) is 4.01. The number of hydrogen-bond donors (Lipinski definition) is 3. The van der Waals surface area contributed by atoms with Gasteiger partial charge in [-0.1, -0.05) is 6.07 Å². The van der Waals surface area contributed by atoms with E-state index >= 15 is 0 Å². The summed E-state index contributed by atoms with van der Waals surface area (Å²) >= 11 is 0. The summed E-state index contributed by atoms with van der Waals surface area (Å²) in [7, 11) is 0. The number of pyridine rings is 1. The van der Waals surface area contributed by atoms with Crippen LogP contribution in [0.3, 0.4) is 0 Å². The molecule has 0 unspecified atom stereocenters. The number of rotatable bonds is 2. The number of carbonyl (C=O) groups is 1. The van der Waals surface area contributed by atoms with Crippen molar-refractivity contribution < 1.29 is 27.8 Å². The number of aryl methyl sites for hydroxylation is 2. The maximum atomic E-state index is 14.0. The number of benzene rings is 1. The van der Waals surface area contributed by atoms with Gasteiger partial charge >= 0.3 is 6.18 Å². The molecule has 1 amide bonds. The average Bonchev–Trinajstić information content (AvgIpc) is 2.97. The molecule has 3 aromatic rings. The van der Waals surface area contributed by atoms with Crippen molar-refractivity contribution in [3.63, 3.8) is 0 Å². The van der Waals surface area contributed by atoms with Crippen molar-refractivity contribution in [1.29, 1.82) is 0 Å². The lowest BCUT2D eigenvalue weighted by Crippen LogP contribution is -2.18. The van der Waals surface area contributed by atoms with E-state index in [-0.39, 0.29) is 41.6 Å². The molecule has 1 aliphatic heterocycles. The second-order valence-corrected chi connectivity index (χ2v) is 7.24. The molecule has 0 saturated carbocycles. The fourth-order valence-corrected chi connectivity index (χ4v) is 4.01. The highest BCUT2D eigenvalue weighted by Gasteiger charge is 2.41. The van der Waals surface area contributed by atoms with Crippen molar-refractivity contribution in [3.8, 4) is 17.2 Å². The van der Waals surface area contributed by atoms with Gasteiger partial charge < -0.3 is 21.3 Å². The minimum Gasteiger partial charge on any atom is -0.508 e. The highest BCUT2D eigenvalue weighted by molar-refractivity contribution is 6.14. The molecule has 3 heterocycles. The van der Waals surface area contributed by atoms with E-state index in [1.165, 1.54) is 10.6 Å². The lowest BCUT2D eigenvalue weighted by Gasteiger charge is -2.22. The van der Waals surface area contributed by atoms with Gasteiger partial charge in [0.2, 0.25) is 0 Å². The lowest BCUT2D eigenvalue weighted by molar-refractivity contribution is -0.139. The lowest BCUT2D eigenvalue weighted by atomic mass is 10.0. The Hall–Kier alpha value is -3.43. The van der Waals surface area contributed by atoms with E-state index in [2.05, 4.69) is 4.98 Å². The highest BCUT2D eigenvalue weighted by Crippen LogP contribution is 2.46. The molecule has 1 aliphatic rings. The molecule has 4 rings (SSSR count). The smallest absolute Gasteiger partial charge is 0.434 e. The number of nitrogens with two attached hydrogens (primary N) is 2. The molecule has 30 heavy (non-hydrogen) atoms. The monoisotopic (exact) mass is 420 g/mol. The van der Waals surface area contributed by atoms with Crippen LogP contribution in [0.5, 0.6) is 11.5 Å². The van der Waals surface area contributed by atoms with Crippen LogP contribution in [0.4, 0.5) is 19.0 Å². The van der Waals surface area contributed by atoms with Crippen molar-refractivity contribution in [3.05, 3.63) is 40.2 Å². The molecule has 0 bridgehead atoms. The first-order chi connectivity index (χ1) is 14.0. The highest BCUT2D eigenvalue weighted by atomic mass is 19.4. The zero-order valence-electron chi connectivity index (χ0n) is 16.2. The topological polar surface area (TPSA) is 116 Å². The van der Waals surface area contributed by atoms with Gasteiger partial charge in [0.1, 0.15) is 17.1 Å². The second-order valence-electron chi connectivity index (χ2n) is 7.24. The summed E-state index contributed by atoms with van der Waals surface area (Å²) in [5.74, 6) is -1.33. The Labute approximate surface area is 169 Å². The number of anilines is 1. The van der Waals surface area contributed by atoms with Crippen LogP contribution >= 0.6 is 0 Å². The molecule has 0 aliphatic carbocycles. The van der Waals surface area contributed by atoms with Gasteiger partial charge in [0.15, 0.2) is 11.4 Å². The number of carbonyl (C=O) groups excluding carboxylic acids is 1. The average molecular weight is 420 g/mol. The molecular weight excluding hydrogens is 401 g/mol. The molecule has 0 saturated heterocycles. The normalized spacial score (nSPS) is 13.9. The third-order valence-corrected chi connectivity index (χ3v) is 5.32. The number of phenolic OH excluding ortho intramolecular Hbond substituents is 1. The van der Waals surface area contributed by atoms with Gasteiger partial charge in [0.05, 0.1) is 23.6 Å². The first kappa shape index (κ1) is 19.9. The maximum absolute atomic E-state index is 14.0. The van der Waals surface area contributed by atoms with Crippen molar-refractivity contribution in [2.45, 2.75) is 32.9 Å². The van der Waals surface area contributed by atoms with Crippen LogP contribution in [0.2, 0.25) is 0 Å². The van der Waals surface area contributed by atoms with Gasteiger partial charge in [-0.15, -0.1) is 0 Å². The Morgan fingerprint density at radius 3 is 2.63 bits per heavy atom. The molecular formula is C20H19F3N4O3. The molecule has 0 fully saturated rings. The SMILES string of the molecule is Cc1ccc(O)c(C)c1-n1c(N)c(C(N)=O)c2c(C(F)(F)F)nc3c(c21)OCCC3. The van der Waals surface area contributed by atoms with E-state index in [1.54, 1.807) is 19.9 Å². The number of nitrogen functional groups attached to an aromatic ring is 1. The number of halogens is 3. The first-order valence-electron chi connectivity index (χ1n) is 9.20. The summed E-state index contributed by atoms with van der Waals surface area (Å²) in [5.41, 5.74) is 11.4. The van der Waals surface area contributed by atoms with Crippen LogP contribution in [0, 0.1) is 13.8 Å². The van der Waals surface area contributed by atoms with Crippen molar-refractivity contribution in [2.24, 2.45) is 5.73 Å². The first-order valence-corrected chi connectivity index (χ1v) is 9.20. The number of alkyl halides is 3. The molecule has 158 valence electrons. The zero-order valence-corrected chi connectivity index (χ0v) is 16.2. The Bertz CT molecular complexity index is 1210. The Kier molecular flexibility index (Phi) is 4.33.